The predicted octanol–water partition coefficient (Wildman–Crippen LogP) is 1.75. The molecule has 22 heavy (non-hydrogen) atoms. The molecule has 1 aromatic carbocycles. The third-order valence-corrected chi connectivity index (χ3v) is 3.90. The molecule has 1 saturated heterocycles. The Morgan fingerprint density at radius 1 is 1.18 bits per heavy atom. The molecule has 6 nitrogen and oxygen atoms in total. The minimum absolute atomic E-state index is 0.0796. The lowest BCUT2D eigenvalue weighted by molar-refractivity contribution is -0.116. The zero-order valence-corrected chi connectivity index (χ0v) is 12.6. The Kier molecular flexibility index (Phi) is 4.80. The van der Waals surface area contributed by atoms with Crippen LogP contribution in [0.2, 0.25) is 0 Å². The third-order valence-electron chi connectivity index (χ3n) is 3.90. The van der Waals surface area contributed by atoms with Crippen molar-refractivity contribution in [2.75, 3.05) is 25.0 Å². The van der Waals surface area contributed by atoms with Gasteiger partial charge in [-0.1, -0.05) is 12.1 Å². The summed E-state index contributed by atoms with van der Waals surface area (Å²) in [7, 11) is 0. The Morgan fingerprint density at radius 3 is 2.64 bits per heavy atom. The van der Waals surface area contributed by atoms with Gasteiger partial charge in [-0.3, -0.25) is 4.79 Å². The standard InChI is InChI=1S/C16H21N5O/c22-16(7-10-20-8-1-2-9-20)19-15-5-3-14(4-6-15)11-21-13-17-12-18-21/h3-6,12-13H,1-2,7-11H2,(H,19,22). The number of anilines is 1. The molecule has 1 amide bonds. The maximum atomic E-state index is 12.0. The molecular weight excluding hydrogens is 278 g/mol. The van der Waals surface area contributed by atoms with Crippen LogP contribution in [-0.2, 0) is 11.3 Å². The van der Waals surface area contributed by atoms with Gasteiger partial charge in [0.15, 0.2) is 0 Å². The van der Waals surface area contributed by atoms with Crippen LogP contribution in [0.3, 0.4) is 0 Å². The Hall–Kier alpha value is -2.21. The number of hydrogen-bond donors (Lipinski definition) is 1. The number of nitrogens with one attached hydrogen (secondary N) is 1. The Morgan fingerprint density at radius 2 is 1.95 bits per heavy atom. The van der Waals surface area contributed by atoms with Crippen LogP contribution >= 0.6 is 0 Å². The molecular formula is C16H21N5O. The van der Waals surface area contributed by atoms with Crippen LogP contribution in [0.15, 0.2) is 36.9 Å². The van der Waals surface area contributed by atoms with Gasteiger partial charge in [-0.05, 0) is 43.6 Å². The van der Waals surface area contributed by atoms with Gasteiger partial charge in [-0.2, -0.15) is 5.10 Å². The first kappa shape index (κ1) is 14.7. The maximum absolute atomic E-state index is 12.0. The maximum Gasteiger partial charge on any atom is 0.225 e. The Bertz CT molecular complexity index is 588. The van der Waals surface area contributed by atoms with Gasteiger partial charge >= 0.3 is 0 Å². The molecule has 0 unspecified atom stereocenters. The summed E-state index contributed by atoms with van der Waals surface area (Å²) in [5.41, 5.74) is 1.97. The second-order valence-corrected chi connectivity index (χ2v) is 5.64. The topological polar surface area (TPSA) is 63.1 Å². The molecule has 3 rings (SSSR count). The van der Waals surface area contributed by atoms with E-state index in [-0.39, 0.29) is 5.91 Å². The zero-order valence-electron chi connectivity index (χ0n) is 12.6. The van der Waals surface area contributed by atoms with E-state index in [4.69, 9.17) is 0 Å². The lowest BCUT2D eigenvalue weighted by Crippen LogP contribution is -2.25. The van der Waals surface area contributed by atoms with Gasteiger partial charge in [0.05, 0.1) is 6.54 Å². The van der Waals surface area contributed by atoms with Crippen molar-refractivity contribution in [3.63, 3.8) is 0 Å². The molecule has 1 aliphatic heterocycles. The number of aromatic nitrogens is 3. The van der Waals surface area contributed by atoms with E-state index in [1.54, 1.807) is 11.0 Å². The number of hydrogen-bond acceptors (Lipinski definition) is 4. The lowest BCUT2D eigenvalue weighted by Gasteiger charge is -2.14. The van der Waals surface area contributed by atoms with Gasteiger partial charge in [-0.15, -0.1) is 0 Å². The van der Waals surface area contributed by atoms with Gasteiger partial charge < -0.3 is 10.2 Å². The van der Waals surface area contributed by atoms with E-state index in [2.05, 4.69) is 20.3 Å². The minimum Gasteiger partial charge on any atom is -0.326 e. The van der Waals surface area contributed by atoms with Crippen molar-refractivity contribution < 1.29 is 4.79 Å². The summed E-state index contributed by atoms with van der Waals surface area (Å²) in [6, 6.07) is 7.86. The average Bonchev–Trinajstić information content (AvgIpc) is 3.20. The molecule has 0 aliphatic carbocycles. The fraction of sp³-hybridized carbons (Fsp3) is 0.438. The van der Waals surface area contributed by atoms with Gasteiger partial charge in [0.25, 0.3) is 0 Å². The van der Waals surface area contributed by atoms with E-state index in [1.807, 2.05) is 24.3 Å². The first-order valence-electron chi connectivity index (χ1n) is 7.73. The van der Waals surface area contributed by atoms with E-state index >= 15 is 0 Å². The summed E-state index contributed by atoms with van der Waals surface area (Å²) in [6.07, 6.45) is 6.29. The summed E-state index contributed by atoms with van der Waals surface area (Å²) in [5, 5.41) is 7.03. The van der Waals surface area contributed by atoms with Crippen molar-refractivity contribution in [3.8, 4) is 0 Å². The van der Waals surface area contributed by atoms with Crippen molar-refractivity contribution in [2.24, 2.45) is 0 Å². The third kappa shape index (κ3) is 4.14. The largest absolute Gasteiger partial charge is 0.326 e. The highest BCUT2D eigenvalue weighted by Crippen LogP contribution is 2.12. The fourth-order valence-electron chi connectivity index (χ4n) is 2.68. The van der Waals surface area contributed by atoms with Crippen molar-refractivity contribution in [2.45, 2.75) is 25.8 Å². The Balaban J connectivity index is 1.46. The summed E-state index contributed by atoms with van der Waals surface area (Å²) in [6.45, 7) is 3.80. The molecule has 1 N–H and O–H groups in total. The van der Waals surface area contributed by atoms with E-state index in [9.17, 15) is 4.79 Å². The second kappa shape index (κ2) is 7.17. The highest BCUT2D eigenvalue weighted by atomic mass is 16.1. The van der Waals surface area contributed by atoms with E-state index in [1.165, 1.54) is 19.2 Å². The van der Waals surface area contributed by atoms with Crippen molar-refractivity contribution >= 4 is 11.6 Å². The molecule has 0 saturated carbocycles. The Labute approximate surface area is 130 Å². The smallest absolute Gasteiger partial charge is 0.225 e. The number of carbonyl (C=O) groups excluding carboxylic acids is 1. The summed E-state index contributed by atoms with van der Waals surface area (Å²) < 4.78 is 1.77. The molecule has 0 radical (unpaired) electrons. The van der Waals surface area contributed by atoms with Crippen molar-refractivity contribution in [1.82, 2.24) is 19.7 Å². The van der Waals surface area contributed by atoms with Gasteiger partial charge in [0.1, 0.15) is 12.7 Å². The van der Waals surface area contributed by atoms with Crippen LogP contribution in [0.4, 0.5) is 5.69 Å². The van der Waals surface area contributed by atoms with Crippen LogP contribution in [0.25, 0.3) is 0 Å². The highest BCUT2D eigenvalue weighted by molar-refractivity contribution is 5.90. The number of likely N-dealkylation sites (tertiary alicyclic amines) is 1. The normalized spacial score (nSPS) is 15.1. The highest BCUT2D eigenvalue weighted by Gasteiger charge is 2.12. The average molecular weight is 299 g/mol. The lowest BCUT2D eigenvalue weighted by atomic mass is 10.2. The summed E-state index contributed by atoms with van der Waals surface area (Å²) >= 11 is 0. The second-order valence-electron chi connectivity index (χ2n) is 5.64. The number of benzene rings is 1. The number of carbonyl (C=O) groups is 1. The SMILES string of the molecule is O=C(CCN1CCCC1)Nc1ccc(Cn2cncn2)cc1. The molecule has 1 aromatic heterocycles. The molecule has 0 bridgehead atoms. The van der Waals surface area contributed by atoms with E-state index in [0.717, 1.165) is 30.9 Å². The minimum atomic E-state index is 0.0796. The fourth-order valence-corrected chi connectivity index (χ4v) is 2.68. The van der Waals surface area contributed by atoms with E-state index in [0.29, 0.717) is 13.0 Å². The molecule has 1 fully saturated rings. The zero-order chi connectivity index (χ0) is 15.2. The van der Waals surface area contributed by atoms with Crippen LogP contribution < -0.4 is 5.32 Å². The number of amides is 1. The predicted molar refractivity (Wildman–Crippen MR) is 84.5 cm³/mol. The first-order chi connectivity index (χ1) is 10.8. The molecule has 0 spiro atoms. The van der Waals surface area contributed by atoms with Crippen LogP contribution in [-0.4, -0.2) is 45.2 Å². The van der Waals surface area contributed by atoms with E-state index < -0.39 is 0 Å². The number of nitrogens with zero attached hydrogens (tertiary/aromatic N) is 4. The molecule has 6 heteroatoms. The van der Waals surface area contributed by atoms with Gasteiger partial charge in [-0.25, -0.2) is 9.67 Å². The molecule has 2 heterocycles. The van der Waals surface area contributed by atoms with Crippen LogP contribution in [0.1, 0.15) is 24.8 Å². The molecule has 116 valence electrons. The van der Waals surface area contributed by atoms with Crippen molar-refractivity contribution in [1.29, 1.82) is 0 Å². The van der Waals surface area contributed by atoms with Gasteiger partial charge in [0.2, 0.25) is 5.91 Å². The summed E-state index contributed by atoms with van der Waals surface area (Å²) in [5.74, 6) is 0.0796. The first-order valence-corrected chi connectivity index (χ1v) is 7.73. The molecule has 0 atom stereocenters. The quantitative estimate of drug-likeness (QED) is 0.882. The summed E-state index contributed by atoms with van der Waals surface area (Å²) in [4.78, 5) is 18.2. The van der Waals surface area contributed by atoms with Crippen LogP contribution in [0, 0.1) is 0 Å². The molecule has 1 aliphatic rings. The number of rotatable bonds is 6. The van der Waals surface area contributed by atoms with Gasteiger partial charge in [0, 0.05) is 18.7 Å². The van der Waals surface area contributed by atoms with Crippen LogP contribution in [0.5, 0.6) is 0 Å². The molecule has 2 aromatic rings. The monoisotopic (exact) mass is 299 g/mol. The van der Waals surface area contributed by atoms with Crippen molar-refractivity contribution in [3.05, 3.63) is 42.5 Å².